The van der Waals surface area contributed by atoms with Crippen LogP contribution < -0.4 is 0 Å². The summed E-state index contributed by atoms with van der Waals surface area (Å²) in [6.07, 6.45) is 3.81. The Morgan fingerprint density at radius 1 is 0.500 bits per heavy atom. The highest BCUT2D eigenvalue weighted by Gasteiger charge is 2.29. The second-order valence-corrected chi connectivity index (χ2v) is 20.8. The number of nitrogens with zero attached hydrogens (tertiary/aromatic N) is 12. The van der Waals surface area contributed by atoms with E-state index >= 15 is 0 Å². The molecule has 0 aliphatic carbocycles. The van der Waals surface area contributed by atoms with Crippen molar-refractivity contribution in [2.24, 2.45) is 0 Å². The van der Waals surface area contributed by atoms with E-state index < -0.39 is 0 Å². The number of rotatable bonds is 24. The number of hydrogen-bond donors (Lipinski definition) is 2. The van der Waals surface area contributed by atoms with Gasteiger partial charge in [0.15, 0.2) is 5.82 Å². The van der Waals surface area contributed by atoms with Gasteiger partial charge >= 0.3 is 11.9 Å². The average Bonchev–Trinajstić information content (AvgIpc) is 4.22. The first-order valence-electron chi connectivity index (χ1n) is 28.8. The first-order chi connectivity index (χ1) is 40.2. The van der Waals surface area contributed by atoms with Crippen LogP contribution in [0.2, 0.25) is 0 Å². The molecule has 2 unspecified atom stereocenters. The number of aromatic nitrogens is 8. The van der Waals surface area contributed by atoms with Crippen molar-refractivity contribution in [2.45, 2.75) is 90.6 Å². The number of carbonyl (C=O) groups is 2. The third-order valence-electron chi connectivity index (χ3n) is 15.0. The number of ether oxygens (including phenoxy) is 2. The molecular formula is C64H76N12O6. The lowest BCUT2D eigenvalue weighted by atomic mass is 9.95. The van der Waals surface area contributed by atoms with Crippen LogP contribution in [-0.4, -0.2) is 148 Å². The summed E-state index contributed by atoms with van der Waals surface area (Å²) >= 11 is 0. The molecule has 0 saturated carbocycles. The Bertz CT molecular complexity index is 3200. The van der Waals surface area contributed by atoms with Crippen LogP contribution in [0, 0.1) is 0 Å². The molecule has 2 aliphatic heterocycles. The summed E-state index contributed by atoms with van der Waals surface area (Å²) in [6.45, 7) is 15.2. The quantitative estimate of drug-likeness (QED) is 0.0429. The Morgan fingerprint density at radius 2 is 0.976 bits per heavy atom. The van der Waals surface area contributed by atoms with E-state index in [2.05, 4.69) is 160 Å². The topological polar surface area (TPSA) is 193 Å². The van der Waals surface area contributed by atoms with Crippen LogP contribution in [-0.2, 0) is 45.2 Å². The molecule has 18 nitrogen and oxygen atoms in total. The van der Waals surface area contributed by atoms with E-state index in [-0.39, 0.29) is 35.5 Å². The first-order valence-corrected chi connectivity index (χ1v) is 28.8. The van der Waals surface area contributed by atoms with Gasteiger partial charge in [-0.1, -0.05) is 133 Å². The molecule has 0 spiro atoms. The van der Waals surface area contributed by atoms with Crippen molar-refractivity contribution < 1.29 is 29.3 Å². The number of unbranched alkanes of at least 4 members (excludes halogenated alkanes) is 2. The van der Waals surface area contributed by atoms with Crippen molar-refractivity contribution in [3.8, 4) is 34.3 Å². The number of phenolic OH excluding ortho intramolecular Hbond substituents is 2. The highest BCUT2D eigenvalue weighted by atomic mass is 16.5. The van der Waals surface area contributed by atoms with Crippen LogP contribution >= 0.6 is 0 Å². The lowest BCUT2D eigenvalue weighted by Crippen LogP contribution is -2.47. The van der Waals surface area contributed by atoms with E-state index in [4.69, 9.17) is 9.47 Å². The minimum Gasteiger partial charge on any atom is -0.508 e. The van der Waals surface area contributed by atoms with E-state index in [0.717, 1.165) is 125 Å². The summed E-state index contributed by atoms with van der Waals surface area (Å²) in [7, 11) is 0. The standard InChI is InChI=1S/2C32H38N6O3/c1-2-41-30(40)13-6-7-18-38-32(33-34-35-38)27-16-14-26(15-17-27)31(28-11-8-12-29(39)23-28)37-21-19-36(20-22-37)24-25-9-4-3-5-10-25;1-2-41-30(40)13-6-7-18-38-34-32(33-35-38)27-16-14-26(15-17-27)31(28-11-8-12-29(39)23-28)37-21-19-36(20-22-37)24-25-9-4-3-5-10-25/h2*3-5,8-12,14-17,23,31,39H,2,6-7,13,18-22,24H2,1H3. The third kappa shape index (κ3) is 16.7. The van der Waals surface area contributed by atoms with Crippen LogP contribution in [0.5, 0.6) is 11.5 Å². The van der Waals surface area contributed by atoms with Gasteiger partial charge in [0.1, 0.15) is 11.5 Å². The van der Waals surface area contributed by atoms with Crippen molar-refractivity contribution in [3.63, 3.8) is 0 Å². The zero-order valence-corrected chi connectivity index (χ0v) is 47.2. The normalized spacial score (nSPS) is 15.0. The molecule has 8 aromatic rings. The average molecular weight is 1110 g/mol. The second kappa shape index (κ2) is 30.1. The zero-order valence-electron chi connectivity index (χ0n) is 47.2. The largest absolute Gasteiger partial charge is 0.508 e. The number of hydrogen-bond acceptors (Lipinski definition) is 16. The fourth-order valence-corrected chi connectivity index (χ4v) is 10.8. The molecule has 4 heterocycles. The van der Waals surface area contributed by atoms with Gasteiger partial charge in [-0.15, -0.1) is 15.3 Å². The van der Waals surface area contributed by atoms with E-state index in [1.54, 1.807) is 21.6 Å². The Morgan fingerprint density at radius 3 is 1.45 bits per heavy atom. The molecule has 2 aromatic heterocycles. The number of benzene rings is 6. The number of aromatic hydroxyl groups is 2. The van der Waals surface area contributed by atoms with Crippen molar-refractivity contribution in [2.75, 3.05) is 65.6 Å². The predicted molar refractivity (Wildman–Crippen MR) is 314 cm³/mol. The highest BCUT2D eigenvalue weighted by Crippen LogP contribution is 2.35. The lowest BCUT2D eigenvalue weighted by Gasteiger charge is -2.40. The molecule has 6 aromatic carbocycles. The monoisotopic (exact) mass is 1110 g/mol. The maximum atomic E-state index is 11.6. The molecule has 2 aliphatic rings. The minimum atomic E-state index is -0.169. The highest BCUT2D eigenvalue weighted by molar-refractivity contribution is 5.69. The summed E-state index contributed by atoms with van der Waals surface area (Å²) in [5, 5.41) is 45.9. The number of aryl methyl sites for hydroxylation is 2. The van der Waals surface area contributed by atoms with Crippen LogP contribution in [0.1, 0.15) is 97.8 Å². The Hall–Kier alpha value is -8.16. The Labute approximate surface area is 480 Å². The van der Waals surface area contributed by atoms with Crippen LogP contribution in [0.15, 0.2) is 158 Å². The number of phenols is 2. The molecule has 2 fully saturated rings. The number of tetrazole rings is 2. The number of piperazine rings is 2. The summed E-state index contributed by atoms with van der Waals surface area (Å²) in [4.78, 5) is 34.7. The van der Waals surface area contributed by atoms with Crippen LogP contribution in [0.4, 0.5) is 0 Å². The van der Waals surface area contributed by atoms with Crippen LogP contribution in [0.25, 0.3) is 22.8 Å². The molecular weight excluding hydrogens is 1030 g/mol. The van der Waals surface area contributed by atoms with Gasteiger partial charge in [0, 0.05) is 96.0 Å². The maximum absolute atomic E-state index is 11.6. The molecule has 0 amide bonds. The fraction of sp³-hybridized carbons (Fsp3) is 0.375. The molecule has 82 heavy (non-hydrogen) atoms. The Kier molecular flexibility index (Phi) is 21.4. The van der Waals surface area contributed by atoms with Crippen LogP contribution in [0.3, 0.4) is 0 Å². The van der Waals surface area contributed by atoms with Gasteiger partial charge in [-0.2, -0.15) is 4.80 Å². The van der Waals surface area contributed by atoms with Gasteiger partial charge in [0.25, 0.3) is 0 Å². The molecule has 0 radical (unpaired) electrons. The van der Waals surface area contributed by atoms with Gasteiger partial charge in [0.2, 0.25) is 5.82 Å². The van der Waals surface area contributed by atoms with Gasteiger partial charge in [0.05, 0.1) is 31.8 Å². The molecule has 428 valence electrons. The summed E-state index contributed by atoms with van der Waals surface area (Å²) < 4.78 is 11.8. The second-order valence-electron chi connectivity index (χ2n) is 20.8. The first kappa shape index (κ1) is 58.5. The molecule has 2 saturated heterocycles. The maximum Gasteiger partial charge on any atom is 0.305 e. The smallest absolute Gasteiger partial charge is 0.305 e. The van der Waals surface area contributed by atoms with Crippen molar-refractivity contribution in [1.29, 1.82) is 0 Å². The van der Waals surface area contributed by atoms with E-state index in [1.807, 2.05) is 50.2 Å². The van der Waals surface area contributed by atoms with E-state index in [1.165, 1.54) is 11.1 Å². The SMILES string of the molecule is CCOC(=O)CCCCn1nnc(-c2ccc(C(c3cccc(O)c3)N3CCN(Cc4ccccc4)CC3)cc2)n1.CCOC(=O)CCCCn1nnnc1-c1ccc(C(c2cccc(O)c2)N2CCN(Cc3ccccc3)CC2)cc1. The van der Waals surface area contributed by atoms with Gasteiger partial charge < -0.3 is 19.7 Å². The number of esters is 2. The van der Waals surface area contributed by atoms with Gasteiger partial charge in [-0.3, -0.25) is 29.2 Å². The van der Waals surface area contributed by atoms with Crippen molar-refractivity contribution in [3.05, 3.63) is 191 Å². The van der Waals surface area contributed by atoms with Crippen molar-refractivity contribution in [1.82, 2.24) is 60.0 Å². The minimum absolute atomic E-state index is 0.0221. The molecule has 0 bridgehead atoms. The Balaban J connectivity index is 0.000000198. The fourth-order valence-electron chi connectivity index (χ4n) is 10.8. The zero-order chi connectivity index (χ0) is 56.9. The third-order valence-corrected chi connectivity index (χ3v) is 15.0. The predicted octanol–water partition coefficient (Wildman–Crippen LogP) is 9.37. The molecule has 18 heteroatoms. The van der Waals surface area contributed by atoms with Crippen molar-refractivity contribution >= 4 is 11.9 Å². The van der Waals surface area contributed by atoms with E-state index in [9.17, 15) is 19.8 Å². The summed E-state index contributed by atoms with van der Waals surface area (Å²) in [6, 6.07) is 53.2. The lowest BCUT2D eigenvalue weighted by molar-refractivity contribution is -0.144. The summed E-state index contributed by atoms with van der Waals surface area (Å²) in [5.74, 6) is 1.49. The molecule has 2 N–H and O–H groups in total. The van der Waals surface area contributed by atoms with E-state index in [0.29, 0.717) is 50.8 Å². The molecule has 2 atom stereocenters. The van der Waals surface area contributed by atoms with Gasteiger partial charge in [-0.05, 0) is 113 Å². The number of carbonyl (C=O) groups excluding carboxylic acids is 2. The summed E-state index contributed by atoms with van der Waals surface area (Å²) in [5.41, 5.74) is 8.96. The van der Waals surface area contributed by atoms with Gasteiger partial charge in [-0.25, -0.2) is 4.68 Å². The molecule has 10 rings (SSSR count).